The van der Waals surface area contributed by atoms with Crippen LogP contribution >= 0.6 is 0 Å². The molecule has 4 N–H and O–H groups in total. The molecule has 2 aliphatic heterocycles. The molecular formula is C33H41N5O8. The average molecular weight is 636 g/mol. The van der Waals surface area contributed by atoms with Crippen LogP contribution in [-0.2, 0) is 28.7 Å². The molecule has 1 fully saturated rings. The van der Waals surface area contributed by atoms with Crippen LogP contribution in [0.25, 0.3) is 0 Å². The number of aryl methyl sites for hydroxylation is 1. The zero-order valence-electron chi connectivity index (χ0n) is 26.2. The van der Waals surface area contributed by atoms with Crippen LogP contribution in [0.1, 0.15) is 61.0 Å². The summed E-state index contributed by atoms with van der Waals surface area (Å²) in [6.45, 7) is 5.93. The van der Waals surface area contributed by atoms with Crippen molar-refractivity contribution in [2.45, 2.75) is 64.3 Å². The summed E-state index contributed by atoms with van der Waals surface area (Å²) in [5, 5.41) is 15.0. The summed E-state index contributed by atoms with van der Waals surface area (Å²) in [6.07, 6.45) is 6.52. The van der Waals surface area contributed by atoms with Gasteiger partial charge in [-0.3, -0.25) is 19.2 Å². The average Bonchev–Trinajstić information content (AvgIpc) is 3.66. The number of hydrogen-bond acceptors (Lipinski definition) is 9. The monoisotopic (exact) mass is 635 g/mol. The lowest BCUT2D eigenvalue weighted by atomic mass is 9.96. The van der Waals surface area contributed by atoms with Crippen molar-refractivity contribution in [1.29, 1.82) is 0 Å². The Labute approximate surface area is 267 Å². The Bertz CT molecular complexity index is 1440. The van der Waals surface area contributed by atoms with Crippen molar-refractivity contribution in [1.82, 2.24) is 26.4 Å². The molecule has 5 atom stereocenters. The molecule has 46 heavy (non-hydrogen) atoms. The fourth-order valence-electron chi connectivity index (χ4n) is 5.23. The number of cyclic esters (lactones) is 1. The van der Waals surface area contributed by atoms with Gasteiger partial charge in [0.15, 0.2) is 5.69 Å². The minimum Gasteiger partial charge on any atom is -0.458 e. The highest BCUT2D eigenvalue weighted by atomic mass is 16.5. The summed E-state index contributed by atoms with van der Waals surface area (Å²) >= 11 is 0. The Balaban J connectivity index is 1.67. The summed E-state index contributed by atoms with van der Waals surface area (Å²) < 4.78 is 16.5. The number of benzene rings is 1. The van der Waals surface area contributed by atoms with Gasteiger partial charge in [0.2, 0.25) is 17.7 Å². The van der Waals surface area contributed by atoms with Gasteiger partial charge in [-0.25, -0.2) is 4.79 Å². The molecule has 2 aliphatic rings. The van der Waals surface area contributed by atoms with E-state index in [1.165, 1.54) is 18.2 Å². The van der Waals surface area contributed by atoms with E-state index in [0.717, 1.165) is 0 Å². The summed E-state index contributed by atoms with van der Waals surface area (Å²) in [5.74, 6) is -2.88. The minimum absolute atomic E-state index is 0.0188. The number of amides is 4. The molecular weight excluding hydrogens is 594 g/mol. The number of carbonyl (C=O) groups excluding carboxylic acids is 5. The number of aromatic nitrogens is 1. The first kappa shape index (κ1) is 34.1. The van der Waals surface area contributed by atoms with Gasteiger partial charge in [0.25, 0.3) is 5.91 Å². The van der Waals surface area contributed by atoms with Crippen molar-refractivity contribution in [3.63, 3.8) is 0 Å². The lowest BCUT2D eigenvalue weighted by Crippen LogP contribution is -2.58. The highest BCUT2D eigenvalue weighted by Crippen LogP contribution is 2.24. The number of nitrogens with one attached hydrogen (secondary N) is 4. The normalized spacial score (nSPS) is 24.8. The number of carbonyl (C=O) groups is 5. The SMILES string of the molecule is Cc1cc(C(=O)N[C@H](C(=O)N[C@@H]2C(=O)N[C@@H](C[C@@H]3CCNC3=O)/C=C\C(=O)OC/C=C\CCO[C@H]2c2ccccc2)C(C)C)no1. The molecule has 3 heterocycles. The van der Waals surface area contributed by atoms with E-state index < -0.39 is 47.9 Å². The van der Waals surface area contributed by atoms with Gasteiger partial charge in [0, 0.05) is 30.6 Å². The van der Waals surface area contributed by atoms with E-state index in [2.05, 4.69) is 26.4 Å². The van der Waals surface area contributed by atoms with Crippen LogP contribution in [0.15, 0.2) is 65.2 Å². The maximum absolute atomic E-state index is 14.2. The van der Waals surface area contributed by atoms with E-state index in [-0.39, 0.29) is 43.1 Å². The molecule has 0 spiro atoms. The zero-order chi connectivity index (χ0) is 33.1. The van der Waals surface area contributed by atoms with Crippen molar-refractivity contribution in [2.24, 2.45) is 11.8 Å². The Hall–Kier alpha value is -4.78. The van der Waals surface area contributed by atoms with Gasteiger partial charge in [-0.1, -0.05) is 67.6 Å². The maximum atomic E-state index is 14.2. The Morgan fingerprint density at radius 1 is 1.09 bits per heavy atom. The molecule has 0 aliphatic carbocycles. The summed E-state index contributed by atoms with van der Waals surface area (Å²) in [4.78, 5) is 65.7. The fourth-order valence-corrected chi connectivity index (χ4v) is 5.23. The standard InChI is InChI=1S/C33H41N5O8/c1-20(2)27(36-31(41)25-18-21(3)46-38-25)32(42)37-28-29(22-10-6-4-7-11-22)45-17-9-5-8-16-44-26(39)13-12-24(35-33(28)43)19-23-14-15-34-30(23)40/h4-8,10-13,18,20,23-24,27-29H,9,14-17,19H2,1-3H3,(H,34,40)(H,35,43)(H,36,41)(H,37,42)/b8-5-,13-12-/t23-,24+,27-,28-,29-/m0/s1. The lowest BCUT2D eigenvalue weighted by molar-refractivity contribution is -0.136. The van der Waals surface area contributed by atoms with Crippen LogP contribution in [0, 0.1) is 18.8 Å². The number of hydrogen-bond donors (Lipinski definition) is 4. The Kier molecular flexibility index (Phi) is 12.2. The number of ether oxygens (including phenoxy) is 2. The van der Waals surface area contributed by atoms with Crippen LogP contribution in [-0.4, -0.2) is 72.6 Å². The van der Waals surface area contributed by atoms with Gasteiger partial charge < -0.3 is 35.3 Å². The van der Waals surface area contributed by atoms with Gasteiger partial charge in [0.1, 0.15) is 30.6 Å². The van der Waals surface area contributed by atoms with Gasteiger partial charge in [-0.2, -0.15) is 0 Å². The number of nitrogens with zero attached hydrogens (tertiary/aromatic N) is 1. The van der Waals surface area contributed by atoms with Crippen LogP contribution in [0.5, 0.6) is 0 Å². The van der Waals surface area contributed by atoms with E-state index in [1.54, 1.807) is 57.2 Å². The third-order valence-corrected chi connectivity index (χ3v) is 7.67. The van der Waals surface area contributed by atoms with Crippen molar-refractivity contribution in [3.8, 4) is 0 Å². The van der Waals surface area contributed by atoms with Crippen molar-refractivity contribution < 1.29 is 38.0 Å². The highest BCUT2D eigenvalue weighted by Gasteiger charge is 2.37. The van der Waals surface area contributed by atoms with Crippen LogP contribution < -0.4 is 21.3 Å². The maximum Gasteiger partial charge on any atom is 0.330 e. The van der Waals surface area contributed by atoms with Crippen LogP contribution in [0.2, 0.25) is 0 Å². The van der Waals surface area contributed by atoms with E-state index >= 15 is 0 Å². The van der Waals surface area contributed by atoms with E-state index in [9.17, 15) is 24.0 Å². The molecule has 4 rings (SSSR count). The smallest absolute Gasteiger partial charge is 0.330 e. The quantitative estimate of drug-likeness (QED) is 0.250. The number of esters is 1. The van der Waals surface area contributed by atoms with E-state index in [1.807, 2.05) is 6.07 Å². The molecule has 1 aromatic heterocycles. The third-order valence-electron chi connectivity index (χ3n) is 7.67. The molecule has 0 unspecified atom stereocenters. The van der Waals surface area contributed by atoms with Crippen molar-refractivity contribution >= 4 is 29.6 Å². The second kappa shape index (κ2) is 16.5. The fraction of sp³-hybridized carbons (Fsp3) is 0.455. The highest BCUT2D eigenvalue weighted by molar-refractivity contribution is 5.97. The third kappa shape index (κ3) is 9.61. The molecule has 1 aromatic carbocycles. The molecule has 0 bridgehead atoms. The summed E-state index contributed by atoms with van der Waals surface area (Å²) in [6, 6.07) is 7.42. The van der Waals surface area contributed by atoms with E-state index in [0.29, 0.717) is 30.7 Å². The van der Waals surface area contributed by atoms with Gasteiger partial charge >= 0.3 is 5.97 Å². The minimum atomic E-state index is -1.27. The largest absolute Gasteiger partial charge is 0.458 e. The molecule has 0 radical (unpaired) electrons. The van der Waals surface area contributed by atoms with Gasteiger partial charge in [0.05, 0.1) is 6.61 Å². The predicted molar refractivity (Wildman–Crippen MR) is 166 cm³/mol. The molecule has 13 heteroatoms. The molecule has 13 nitrogen and oxygen atoms in total. The van der Waals surface area contributed by atoms with Crippen molar-refractivity contribution in [2.75, 3.05) is 19.8 Å². The first-order valence-electron chi connectivity index (χ1n) is 15.4. The molecule has 0 saturated carbocycles. The molecule has 1 saturated heterocycles. The van der Waals surface area contributed by atoms with E-state index in [4.69, 9.17) is 14.0 Å². The Morgan fingerprint density at radius 3 is 2.54 bits per heavy atom. The lowest BCUT2D eigenvalue weighted by Gasteiger charge is -2.31. The first-order valence-corrected chi connectivity index (χ1v) is 15.4. The van der Waals surface area contributed by atoms with Crippen molar-refractivity contribution in [3.05, 3.63) is 77.7 Å². The zero-order valence-corrected chi connectivity index (χ0v) is 26.2. The molecule has 2 aromatic rings. The summed E-state index contributed by atoms with van der Waals surface area (Å²) in [5.41, 5.74) is 0.658. The van der Waals surface area contributed by atoms with Crippen LogP contribution in [0.3, 0.4) is 0 Å². The van der Waals surface area contributed by atoms with Gasteiger partial charge in [-0.05, 0) is 37.7 Å². The van der Waals surface area contributed by atoms with Crippen LogP contribution in [0.4, 0.5) is 0 Å². The van der Waals surface area contributed by atoms with Gasteiger partial charge in [-0.15, -0.1) is 0 Å². The second-order valence-corrected chi connectivity index (χ2v) is 11.6. The molecule has 4 amide bonds. The first-order chi connectivity index (χ1) is 22.1. The second-order valence-electron chi connectivity index (χ2n) is 11.6. The summed E-state index contributed by atoms with van der Waals surface area (Å²) in [7, 11) is 0. The number of rotatable bonds is 8. The topological polar surface area (TPSA) is 178 Å². The molecule has 246 valence electrons. The Morgan fingerprint density at radius 2 is 1.87 bits per heavy atom. The predicted octanol–water partition coefficient (Wildman–Crippen LogP) is 2.05.